The van der Waals surface area contributed by atoms with E-state index in [9.17, 15) is 14.4 Å². The molecule has 0 aliphatic heterocycles. The molecular weight excluding hydrogens is 538 g/mol. The number of halogens is 2. The van der Waals surface area contributed by atoms with E-state index in [4.69, 9.17) is 4.74 Å². The molecule has 222 valence electrons. The average Bonchev–Trinajstić information content (AvgIpc) is 2.90. The van der Waals surface area contributed by atoms with Crippen molar-refractivity contribution in [3.63, 3.8) is 0 Å². The molecule has 0 fully saturated rings. The minimum Gasteiger partial charge on any atom is -0.444 e. The van der Waals surface area contributed by atoms with E-state index in [-0.39, 0.29) is 17.2 Å². The third kappa shape index (κ3) is 7.97. The van der Waals surface area contributed by atoms with Crippen molar-refractivity contribution in [3.05, 3.63) is 82.9 Å². The molecule has 0 radical (unpaired) electrons. The fourth-order valence-corrected chi connectivity index (χ4v) is 4.44. The van der Waals surface area contributed by atoms with Crippen molar-refractivity contribution in [1.82, 2.24) is 10.3 Å². The molecule has 3 aromatic rings. The van der Waals surface area contributed by atoms with Gasteiger partial charge in [0.05, 0.1) is 17.6 Å². The number of amides is 1. The van der Waals surface area contributed by atoms with E-state index in [0.717, 1.165) is 23.9 Å². The molecule has 0 bridgehead atoms. The summed E-state index contributed by atoms with van der Waals surface area (Å²) in [4.78, 5) is 19.1. The third-order valence-electron chi connectivity index (χ3n) is 6.48. The molecule has 1 aromatic heterocycles. The highest BCUT2D eigenvalue weighted by Gasteiger charge is 2.27. The second-order valence-corrected chi connectivity index (χ2v) is 11.0. The van der Waals surface area contributed by atoms with Gasteiger partial charge in [-0.05, 0) is 83.0 Å². The van der Waals surface area contributed by atoms with Crippen LogP contribution in [0.2, 0.25) is 0 Å². The van der Waals surface area contributed by atoms with Gasteiger partial charge in [-0.25, -0.2) is 18.6 Å². The minimum absolute atomic E-state index is 0.0135. The molecule has 0 aliphatic rings. The van der Waals surface area contributed by atoms with Gasteiger partial charge in [0, 0.05) is 30.5 Å². The third-order valence-corrected chi connectivity index (χ3v) is 6.48. The van der Waals surface area contributed by atoms with Crippen LogP contribution < -0.4 is 20.9 Å². The lowest BCUT2D eigenvalue weighted by molar-refractivity contribution is 0.0503. The standard InChI is InChI=1S/C32H38F2N6O2/c1-9-24-26(12-11-13-27(24)40(8)10-2)37-29-22(18-35)17-25(34)30(39-29)38-28(21-14-19(3)15-23(33)16-21)20(4)36-31(41)42-32(5,6)7/h9,11-17,20,28H,1,10H2,2-8H3,(H,36,41)(H2,37,38,39)/t20-,28-/m0/s1. The largest absolute Gasteiger partial charge is 0.444 e. The highest BCUT2D eigenvalue weighted by Crippen LogP contribution is 2.33. The minimum atomic E-state index is -0.819. The van der Waals surface area contributed by atoms with Gasteiger partial charge in [-0.1, -0.05) is 24.8 Å². The van der Waals surface area contributed by atoms with Gasteiger partial charge in [-0.2, -0.15) is 5.26 Å². The van der Waals surface area contributed by atoms with Gasteiger partial charge in [0.2, 0.25) is 0 Å². The summed E-state index contributed by atoms with van der Waals surface area (Å²) in [5.74, 6) is -1.35. The zero-order chi connectivity index (χ0) is 31.2. The lowest BCUT2D eigenvalue weighted by Crippen LogP contribution is -2.42. The van der Waals surface area contributed by atoms with Crippen molar-refractivity contribution < 1.29 is 18.3 Å². The number of pyridine rings is 1. The van der Waals surface area contributed by atoms with Crippen LogP contribution in [-0.4, -0.2) is 36.3 Å². The Labute approximate surface area is 246 Å². The van der Waals surface area contributed by atoms with E-state index in [1.54, 1.807) is 46.8 Å². The number of carbonyl (C=O) groups is 1. The van der Waals surface area contributed by atoms with Crippen molar-refractivity contribution in [2.24, 2.45) is 0 Å². The van der Waals surface area contributed by atoms with Gasteiger partial charge in [0.25, 0.3) is 0 Å². The maximum Gasteiger partial charge on any atom is 0.407 e. The number of hydrogen-bond acceptors (Lipinski definition) is 7. The number of alkyl carbamates (subject to hydrolysis) is 1. The first-order valence-corrected chi connectivity index (χ1v) is 13.6. The Morgan fingerprint density at radius 1 is 1.21 bits per heavy atom. The van der Waals surface area contributed by atoms with Crippen LogP contribution in [0.3, 0.4) is 0 Å². The van der Waals surface area contributed by atoms with Crippen LogP contribution in [0.1, 0.15) is 62.9 Å². The average molecular weight is 577 g/mol. The Bertz CT molecular complexity index is 1480. The molecule has 0 saturated carbocycles. The number of nitrogens with one attached hydrogen (secondary N) is 3. The molecule has 2 atom stereocenters. The molecule has 0 aliphatic carbocycles. The fraction of sp³-hybridized carbons (Fsp3) is 0.344. The summed E-state index contributed by atoms with van der Waals surface area (Å²) in [6.45, 7) is 15.4. The molecule has 0 spiro atoms. The summed E-state index contributed by atoms with van der Waals surface area (Å²) in [6, 6.07) is 11.6. The van der Waals surface area contributed by atoms with E-state index >= 15 is 4.39 Å². The number of hydrogen-bond donors (Lipinski definition) is 3. The number of aryl methyl sites for hydroxylation is 1. The van der Waals surface area contributed by atoms with Gasteiger partial charge in [-0.3, -0.25) is 0 Å². The van der Waals surface area contributed by atoms with E-state index in [1.165, 1.54) is 12.1 Å². The molecule has 3 N–H and O–H groups in total. The highest BCUT2D eigenvalue weighted by molar-refractivity contribution is 5.81. The molecule has 0 unspecified atom stereocenters. The number of anilines is 4. The summed E-state index contributed by atoms with van der Waals surface area (Å²) in [7, 11) is 1.95. The van der Waals surface area contributed by atoms with Crippen molar-refractivity contribution in [2.45, 2.75) is 59.2 Å². The quantitative estimate of drug-likeness (QED) is 0.230. The normalized spacial score (nSPS) is 12.5. The number of ether oxygens (including phenoxy) is 1. The lowest BCUT2D eigenvalue weighted by atomic mass is 9.98. The molecular formula is C32H38F2N6O2. The second-order valence-electron chi connectivity index (χ2n) is 11.0. The second kappa shape index (κ2) is 13.3. The summed E-state index contributed by atoms with van der Waals surface area (Å²) < 4.78 is 35.2. The van der Waals surface area contributed by atoms with Crippen LogP contribution in [0, 0.1) is 29.9 Å². The van der Waals surface area contributed by atoms with Gasteiger partial charge < -0.3 is 25.6 Å². The molecule has 3 rings (SSSR count). The maximum atomic E-state index is 15.4. The SMILES string of the molecule is C=Cc1c(Nc2nc(N[C@H](c3cc(C)cc(F)c3)[C@H](C)NC(=O)OC(C)(C)C)c(F)cc2C#N)cccc1N(C)CC. The van der Waals surface area contributed by atoms with Crippen LogP contribution in [0.5, 0.6) is 0 Å². The summed E-state index contributed by atoms with van der Waals surface area (Å²) in [5.41, 5.74) is 2.68. The van der Waals surface area contributed by atoms with E-state index in [0.29, 0.717) is 16.8 Å². The molecule has 8 nitrogen and oxygen atoms in total. The Morgan fingerprint density at radius 2 is 1.93 bits per heavy atom. The molecule has 0 saturated heterocycles. The predicted octanol–water partition coefficient (Wildman–Crippen LogP) is 7.45. The first-order chi connectivity index (χ1) is 19.8. The molecule has 1 amide bonds. The summed E-state index contributed by atoms with van der Waals surface area (Å²) in [5, 5.41) is 18.7. The van der Waals surface area contributed by atoms with Crippen molar-refractivity contribution in [3.8, 4) is 6.07 Å². The molecule has 42 heavy (non-hydrogen) atoms. The van der Waals surface area contributed by atoms with Crippen molar-refractivity contribution >= 4 is 35.2 Å². The maximum absolute atomic E-state index is 15.4. The number of aromatic nitrogens is 1. The zero-order valence-corrected chi connectivity index (χ0v) is 25.1. The van der Waals surface area contributed by atoms with Crippen LogP contribution in [0.25, 0.3) is 6.08 Å². The Balaban J connectivity index is 2.05. The van der Waals surface area contributed by atoms with Crippen LogP contribution in [0.4, 0.5) is 36.6 Å². The fourth-order valence-electron chi connectivity index (χ4n) is 4.44. The topological polar surface area (TPSA) is 102 Å². The Kier molecular flexibility index (Phi) is 10.1. The van der Waals surface area contributed by atoms with E-state index < -0.39 is 35.4 Å². The van der Waals surface area contributed by atoms with E-state index in [2.05, 4.69) is 27.5 Å². The van der Waals surface area contributed by atoms with Gasteiger partial charge in [0.15, 0.2) is 17.5 Å². The number of benzene rings is 2. The Morgan fingerprint density at radius 3 is 2.52 bits per heavy atom. The number of nitriles is 1. The number of rotatable bonds is 10. The lowest BCUT2D eigenvalue weighted by Gasteiger charge is -2.29. The predicted molar refractivity (Wildman–Crippen MR) is 164 cm³/mol. The molecule has 10 heteroatoms. The zero-order valence-electron chi connectivity index (χ0n) is 25.1. The number of carbonyl (C=O) groups excluding carboxylic acids is 1. The van der Waals surface area contributed by atoms with Gasteiger partial charge in [0.1, 0.15) is 17.5 Å². The van der Waals surface area contributed by atoms with Gasteiger partial charge >= 0.3 is 6.09 Å². The smallest absolute Gasteiger partial charge is 0.407 e. The van der Waals surface area contributed by atoms with E-state index in [1.807, 2.05) is 43.1 Å². The van der Waals surface area contributed by atoms with Crippen molar-refractivity contribution in [2.75, 3.05) is 29.1 Å². The van der Waals surface area contributed by atoms with Crippen LogP contribution >= 0.6 is 0 Å². The summed E-state index contributed by atoms with van der Waals surface area (Å²) >= 11 is 0. The monoisotopic (exact) mass is 576 g/mol. The number of nitrogens with zero attached hydrogens (tertiary/aromatic N) is 3. The van der Waals surface area contributed by atoms with Crippen molar-refractivity contribution in [1.29, 1.82) is 5.26 Å². The molecule has 1 heterocycles. The van der Waals surface area contributed by atoms with Gasteiger partial charge in [-0.15, -0.1) is 0 Å². The highest BCUT2D eigenvalue weighted by atomic mass is 19.1. The summed E-state index contributed by atoms with van der Waals surface area (Å²) in [6.07, 6.45) is 1.02. The van der Waals surface area contributed by atoms with Crippen LogP contribution in [0.15, 0.2) is 49.0 Å². The molecule has 2 aromatic carbocycles. The van der Waals surface area contributed by atoms with Crippen LogP contribution in [-0.2, 0) is 4.74 Å². The first kappa shape index (κ1) is 31.9. The first-order valence-electron chi connectivity index (χ1n) is 13.6. The Hall–Kier alpha value is -4.65.